The highest BCUT2D eigenvalue weighted by atomic mass is 16.5. The number of carbonyl (C=O) groups excluding carboxylic acids is 2. The van der Waals surface area contributed by atoms with Gasteiger partial charge in [-0.3, -0.25) is 9.59 Å². The Morgan fingerprint density at radius 2 is 1.74 bits per heavy atom. The quantitative estimate of drug-likeness (QED) is 0.752. The first-order valence-corrected chi connectivity index (χ1v) is 8.18. The van der Waals surface area contributed by atoms with Crippen molar-refractivity contribution in [3.8, 4) is 0 Å². The van der Waals surface area contributed by atoms with Gasteiger partial charge in [0.1, 0.15) is 0 Å². The molecule has 0 aromatic heterocycles. The summed E-state index contributed by atoms with van der Waals surface area (Å²) in [7, 11) is 1.37. The average Bonchev–Trinajstić information content (AvgIpc) is 2.52. The third kappa shape index (κ3) is 5.38. The zero-order chi connectivity index (χ0) is 17.6. The van der Waals surface area contributed by atoms with Gasteiger partial charge in [0.25, 0.3) is 5.91 Å². The highest BCUT2D eigenvalue weighted by molar-refractivity contribution is 5.94. The van der Waals surface area contributed by atoms with Crippen molar-refractivity contribution in [3.05, 3.63) is 35.4 Å². The van der Waals surface area contributed by atoms with Gasteiger partial charge in [-0.25, -0.2) is 0 Å². The first-order valence-electron chi connectivity index (χ1n) is 8.18. The number of methoxy groups -OCH3 is 1. The predicted molar refractivity (Wildman–Crippen MR) is 92.5 cm³/mol. The van der Waals surface area contributed by atoms with E-state index in [0.717, 1.165) is 6.42 Å². The summed E-state index contributed by atoms with van der Waals surface area (Å²) in [5, 5.41) is 0. The van der Waals surface area contributed by atoms with Crippen molar-refractivity contribution in [2.45, 2.75) is 46.5 Å². The van der Waals surface area contributed by atoms with Crippen LogP contribution in [0.1, 0.15) is 57.0 Å². The lowest BCUT2D eigenvalue weighted by Crippen LogP contribution is -2.37. The number of nitrogens with zero attached hydrogens (tertiary/aromatic N) is 1. The van der Waals surface area contributed by atoms with Gasteiger partial charge < -0.3 is 9.64 Å². The maximum Gasteiger partial charge on any atom is 0.310 e. The van der Waals surface area contributed by atoms with E-state index >= 15 is 0 Å². The molecule has 0 N–H and O–H groups in total. The molecule has 1 rings (SSSR count). The first kappa shape index (κ1) is 19.2. The van der Waals surface area contributed by atoms with Crippen LogP contribution in [-0.2, 0) is 14.9 Å². The van der Waals surface area contributed by atoms with Crippen LogP contribution in [0, 0.1) is 5.92 Å². The Morgan fingerprint density at radius 3 is 2.17 bits per heavy atom. The molecule has 4 nitrogen and oxygen atoms in total. The lowest BCUT2D eigenvalue weighted by atomic mass is 9.86. The normalized spacial score (nSPS) is 12.6. The first-order chi connectivity index (χ1) is 10.7. The van der Waals surface area contributed by atoms with Crippen LogP contribution < -0.4 is 0 Å². The van der Waals surface area contributed by atoms with Gasteiger partial charge in [0.2, 0.25) is 0 Å². The molecule has 4 heteroatoms. The number of hydrogen-bond acceptors (Lipinski definition) is 3. The molecule has 1 aromatic carbocycles. The van der Waals surface area contributed by atoms with Crippen molar-refractivity contribution < 1.29 is 14.3 Å². The third-order valence-corrected chi connectivity index (χ3v) is 3.88. The molecule has 1 atom stereocenters. The van der Waals surface area contributed by atoms with E-state index in [2.05, 4.69) is 20.8 Å². The Balaban J connectivity index is 2.91. The van der Waals surface area contributed by atoms with Crippen LogP contribution in [-0.4, -0.2) is 37.0 Å². The van der Waals surface area contributed by atoms with E-state index in [4.69, 9.17) is 4.74 Å². The summed E-state index contributed by atoms with van der Waals surface area (Å²) in [5.74, 6) is -0.658. The van der Waals surface area contributed by atoms with E-state index < -0.39 is 0 Å². The van der Waals surface area contributed by atoms with Crippen molar-refractivity contribution in [2.75, 3.05) is 20.2 Å². The third-order valence-electron chi connectivity index (χ3n) is 3.88. The van der Waals surface area contributed by atoms with Gasteiger partial charge in [-0.15, -0.1) is 0 Å². The van der Waals surface area contributed by atoms with Crippen LogP contribution in [0.25, 0.3) is 0 Å². The summed E-state index contributed by atoms with van der Waals surface area (Å²) in [4.78, 5) is 26.1. The number of hydrogen-bond donors (Lipinski definition) is 0. The van der Waals surface area contributed by atoms with Gasteiger partial charge in [-0.05, 0) is 29.5 Å². The average molecular weight is 319 g/mol. The molecule has 0 aliphatic heterocycles. The largest absolute Gasteiger partial charge is 0.469 e. The monoisotopic (exact) mass is 319 g/mol. The molecule has 0 spiro atoms. The molecule has 1 aromatic rings. The minimum atomic E-state index is -0.329. The summed E-state index contributed by atoms with van der Waals surface area (Å²) in [6, 6.07) is 7.74. The van der Waals surface area contributed by atoms with Gasteiger partial charge in [-0.1, -0.05) is 46.8 Å². The zero-order valence-corrected chi connectivity index (χ0v) is 15.2. The molecule has 0 aliphatic carbocycles. The van der Waals surface area contributed by atoms with Gasteiger partial charge in [0, 0.05) is 18.7 Å². The Labute approximate surface area is 139 Å². The van der Waals surface area contributed by atoms with Crippen molar-refractivity contribution in [1.29, 1.82) is 0 Å². The molecule has 0 saturated heterocycles. The predicted octanol–water partition coefficient (Wildman–Crippen LogP) is 3.65. The summed E-state index contributed by atoms with van der Waals surface area (Å²) >= 11 is 0. The maximum atomic E-state index is 12.7. The smallest absolute Gasteiger partial charge is 0.310 e. The van der Waals surface area contributed by atoms with E-state index in [1.54, 1.807) is 11.8 Å². The number of rotatable bonds is 6. The number of carbonyl (C=O) groups is 2. The summed E-state index contributed by atoms with van der Waals surface area (Å²) in [6.07, 6.45) is 0.847. The van der Waals surface area contributed by atoms with E-state index in [-0.39, 0.29) is 23.2 Å². The zero-order valence-electron chi connectivity index (χ0n) is 15.2. The summed E-state index contributed by atoms with van der Waals surface area (Å²) < 4.78 is 4.75. The lowest BCUT2D eigenvalue weighted by Gasteiger charge is -2.25. The van der Waals surface area contributed by atoms with Gasteiger partial charge >= 0.3 is 5.97 Å². The van der Waals surface area contributed by atoms with Crippen LogP contribution >= 0.6 is 0 Å². The molecular formula is C19H29NO3. The standard InChI is InChI=1S/C19H29NO3/c1-7-12-20(13-14(2)18(22)23-6)17(21)15-8-10-16(11-9-15)19(3,4)5/h8-11,14H,7,12-13H2,1-6H3. The molecule has 0 radical (unpaired) electrons. The molecule has 128 valence electrons. The second-order valence-electron chi connectivity index (χ2n) is 7.00. The minimum absolute atomic E-state index is 0.0388. The molecule has 0 bridgehead atoms. The highest BCUT2D eigenvalue weighted by Crippen LogP contribution is 2.22. The van der Waals surface area contributed by atoms with Gasteiger partial charge in [0.15, 0.2) is 0 Å². The van der Waals surface area contributed by atoms with Gasteiger partial charge in [0.05, 0.1) is 13.0 Å². The van der Waals surface area contributed by atoms with Crippen LogP contribution in [0.15, 0.2) is 24.3 Å². The Hall–Kier alpha value is -1.84. The number of benzene rings is 1. The summed E-state index contributed by atoms with van der Waals surface area (Å²) in [5.41, 5.74) is 1.91. The fourth-order valence-corrected chi connectivity index (χ4v) is 2.45. The topological polar surface area (TPSA) is 46.6 Å². The molecule has 0 aliphatic rings. The van der Waals surface area contributed by atoms with Crippen molar-refractivity contribution in [2.24, 2.45) is 5.92 Å². The highest BCUT2D eigenvalue weighted by Gasteiger charge is 2.22. The number of esters is 1. The Morgan fingerprint density at radius 1 is 1.17 bits per heavy atom. The van der Waals surface area contributed by atoms with Crippen LogP contribution in [0.3, 0.4) is 0 Å². The van der Waals surface area contributed by atoms with Crippen LogP contribution in [0.5, 0.6) is 0 Å². The number of ether oxygens (including phenoxy) is 1. The SMILES string of the molecule is CCCN(CC(C)C(=O)OC)C(=O)c1ccc(C(C)(C)C)cc1. The second-order valence-corrected chi connectivity index (χ2v) is 7.00. The lowest BCUT2D eigenvalue weighted by molar-refractivity contribution is -0.145. The second kappa shape index (κ2) is 8.14. The minimum Gasteiger partial charge on any atom is -0.469 e. The molecule has 1 unspecified atom stereocenters. The Bertz CT molecular complexity index is 529. The van der Waals surface area contributed by atoms with Crippen LogP contribution in [0.2, 0.25) is 0 Å². The molecule has 0 heterocycles. The van der Waals surface area contributed by atoms with E-state index in [1.165, 1.54) is 12.7 Å². The van der Waals surface area contributed by atoms with E-state index in [1.807, 2.05) is 31.2 Å². The number of amides is 1. The van der Waals surface area contributed by atoms with E-state index in [9.17, 15) is 9.59 Å². The van der Waals surface area contributed by atoms with Crippen LogP contribution in [0.4, 0.5) is 0 Å². The van der Waals surface area contributed by atoms with Crippen molar-refractivity contribution in [3.63, 3.8) is 0 Å². The molecular weight excluding hydrogens is 290 g/mol. The maximum absolute atomic E-state index is 12.7. The van der Waals surface area contributed by atoms with Crippen molar-refractivity contribution in [1.82, 2.24) is 4.90 Å². The fourth-order valence-electron chi connectivity index (χ4n) is 2.45. The molecule has 0 fully saturated rings. The Kier molecular flexibility index (Phi) is 6.79. The fraction of sp³-hybridized carbons (Fsp3) is 0.579. The summed E-state index contributed by atoms with van der Waals surface area (Å²) in [6.45, 7) is 11.2. The molecule has 23 heavy (non-hydrogen) atoms. The van der Waals surface area contributed by atoms with Crippen molar-refractivity contribution >= 4 is 11.9 Å². The molecule has 0 saturated carbocycles. The van der Waals surface area contributed by atoms with E-state index in [0.29, 0.717) is 18.7 Å². The van der Waals surface area contributed by atoms with Gasteiger partial charge in [-0.2, -0.15) is 0 Å². The molecule has 1 amide bonds.